The molecule has 0 amide bonds. The van der Waals surface area contributed by atoms with Gasteiger partial charge in [0.05, 0.1) is 0 Å². The lowest BCUT2D eigenvalue weighted by atomic mass is 9.89. The minimum Gasteiger partial charge on any atom is -0.455 e. The lowest BCUT2D eigenvalue weighted by molar-refractivity contribution is 0.673. The van der Waals surface area contributed by atoms with Gasteiger partial charge in [-0.3, -0.25) is 0 Å². The zero-order valence-electron chi connectivity index (χ0n) is 36.8. The van der Waals surface area contributed by atoms with Gasteiger partial charge in [-0.05, 0) is 129 Å². The number of thiophene rings is 1. The standard InChI is InChI=1S/C64H40N2OS/c1-5-15-45(16-6-1)65(46-17-7-2-8-18-46)49-33-27-41(28-34-49)43-31-37-51-57(39-43)67-63-55-25-13-24-54-59(55)60-53(61(51)63)23-14-26-56(60)64-62(54)52-38-32-44(40-58(52)68-64)42-29-35-50(36-30-42)66(47-19-9-3-10-20-47)48-21-11-4-12-22-48/h1-40H. The van der Waals surface area contributed by atoms with Crippen LogP contribution < -0.4 is 9.80 Å². The number of anilines is 6. The Bertz CT molecular complexity index is 3810. The third kappa shape index (κ3) is 6.05. The van der Waals surface area contributed by atoms with Crippen LogP contribution in [0.1, 0.15) is 0 Å². The smallest absolute Gasteiger partial charge is 0.143 e. The summed E-state index contributed by atoms with van der Waals surface area (Å²) in [5.41, 5.74) is 13.2. The van der Waals surface area contributed by atoms with Gasteiger partial charge in [0, 0.05) is 81.2 Å². The number of rotatable bonds is 8. The molecule has 0 saturated heterocycles. The molecule has 4 heteroatoms. The molecule has 0 saturated carbocycles. The van der Waals surface area contributed by atoms with Crippen LogP contribution in [0.2, 0.25) is 0 Å². The van der Waals surface area contributed by atoms with Gasteiger partial charge >= 0.3 is 0 Å². The van der Waals surface area contributed by atoms with Crippen molar-refractivity contribution in [3.8, 4) is 22.3 Å². The molecule has 0 spiro atoms. The fourth-order valence-electron chi connectivity index (χ4n) is 10.7. The Labute approximate surface area is 396 Å². The molecule has 318 valence electrons. The van der Waals surface area contributed by atoms with Crippen LogP contribution in [0.3, 0.4) is 0 Å². The van der Waals surface area contributed by atoms with E-state index in [4.69, 9.17) is 4.42 Å². The summed E-state index contributed by atoms with van der Waals surface area (Å²) >= 11 is 1.91. The minimum absolute atomic E-state index is 0.897. The molecule has 0 N–H and O–H groups in total. The average molecular weight is 885 g/mol. The van der Waals surface area contributed by atoms with Gasteiger partial charge in [-0.1, -0.05) is 152 Å². The summed E-state index contributed by atoms with van der Waals surface area (Å²) in [4.78, 5) is 4.60. The van der Waals surface area contributed by atoms with Crippen molar-refractivity contribution in [1.82, 2.24) is 0 Å². The monoisotopic (exact) mass is 884 g/mol. The Morgan fingerprint density at radius 2 is 0.691 bits per heavy atom. The molecule has 0 aliphatic carbocycles. The predicted octanol–water partition coefficient (Wildman–Crippen LogP) is 19.1. The zero-order valence-corrected chi connectivity index (χ0v) is 37.6. The van der Waals surface area contributed by atoms with Crippen molar-refractivity contribution in [3.05, 3.63) is 243 Å². The van der Waals surface area contributed by atoms with E-state index in [0.717, 1.165) is 67.2 Å². The normalized spacial score (nSPS) is 11.8. The van der Waals surface area contributed by atoms with Gasteiger partial charge in [-0.25, -0.2) is 0 Å². The van der Waals surface area contributed by atoms with Crippen LogP contribution in [0.4, 0.5) is 34.1 Å². The van der Waals surface area contributed by atoms with Crippen LogP contribution in [0.5, 0.6) is 0 Å². The number of furan rings is 1. The fourth-order valence-corrected chi connectivity index (χ4v) is 12.0. The summed E-state index contributed by atoms with van der Waals surface area (Å²) in [5, 5.41) is 12.5. The fraction of sp³-hybridized carbons (Fsp3) is 0. The SMILES string of the molecule is c1ccc(N(c2ccccc2)c2ccc(-c3ccc4c(c3)oc3c5cccc6c7c8ccc(-c9ccc(N(c%10ccccc%10)c%10ccccc%10)cc9)cc8sc7c7cccc(c43)c7c56)cc2)cc1. The van der Waals surface area contributed by atoms with Gasteiger partial charge in [0.1, 0.15) is 11.2 Å². The zero-order chi connectivity index (χ0) is 44.7. The van der Waals surface area contributed by atoms with E-state index in [9.17, 15) is 0 Å². The second-order valence-electron chi connectivity index (χ2n) is 17.6. The molecular weight excluding hydrogens is 845 g/mol. The highest BCUT2D eigenvalue weighted by atomic mass is 32.1. The Balaban J connectivity index is 0.863. The van der Waals surface area contributed by atoms with Gasteiger partial charge in [0.2, 0.25) is 0 Å². The number of para-hydroxylation sites is 4. The molecule has 2 aromatic heterocycles. The highest BCUT2D eigenvalue weighted by Gasteiger charge is 2.23. The second kappa shape index (κ2) is 15.5. The van der Waals surface area contributed by atoms with E-state index in [2.05, 4.69) is 252 Å². The van der Waals surface area contributed by atoms with Crippen molar-refractivity contribution in [2.75, 3.05) is 9.80 Å². The molecule has 12 aromatic carbocycles. The van der Waals surface area contributed by atoms with Crippen molar-refractivity contribution >= 4 is 120 Å². The van der Waals surface area contributed by atoms with Gasteiger partial charge in [-0.15, -0.1) is 11.3 Å². The van der Waals surface area contributed by atoms with E-state index in [-0.39, 0.29) is 0 Å². The Kier molecular flexibility index (Phi) is 8.76. The van der Waals surface area contributed by atoms with E-state index in [1.807, 2.05) is 11.3 Å². The summed E-state index contributed by atoms with van der Waals surface area (Å²) < 4.78 is 9.64. The number of nitrogens with zero attached hydrogens (tertiary/aromatic N) is 2. The van der Waals surface area contributed by atoms with Crippen LogP contribution in [-0.4, -0.2) is 0 Å². The van der Waals surface area contributed by atoms with Crippen molar-refractivity contribution < 1.29 is 4.42 Å². The van der Waals surface area contributed by atoms with E-state index in [1.165, 1.54) is 63.6 Å². The average Bonchev–Trinajstić information content (AvgIpc) is 4.00. The third-order valence-corrected chi connectivity index (χ3v) is 14.9. The van der Waals surface area contributed by atoms with E-state index < -0.39 is 0 Å². The van der Waals surface area contributed by atoms with E-state index >= 15 is 0 Å². The lowest BCUT2D eigenvalue weighted by Crippen LogP contribution is -2.09. The predicted molar refractivity (Wildman–Crippen MR) is 291 cm³/mol. The minimum atomic E-state index is 0.897. The maximum Gasteiger partial charge on any atom is 0.143 e. The molecule has 0 aliphatic rings. The first-order chi connectivity index (χ1) is 33.7. The Hall–Kier alpha value is -8.70. The molecule has 14 rings (SSSR count). The number of hydrogen-bond acceptors (Lipinski definition) is 4. The number of fused-ring (bicyclic) bond motifs is 10. The van der Waals surface area contributed by atoms with E-state index in [1.54, 1.807) is 0 Å². The lowest BCUT2D eigenvalue weighted by Gasteiger charge is -2.25. The van der Waals surface area contributed by atoms with Gasteiger partial charge in [0.25, 0.3) is 0 Å². The van der Waals surface area contributed by atoms with Gasteiger partial charge in [0.15, 0.2) is 0 Å². The summed E-state index contributed by atoms with van der Waals surface area (Å²) in [6.45, 7) is 0. The first-order valence-electron chi connectivity index (χ1n) is 23.2. The summed E-state index contributed by atoms with van der Waals surface area (Å²) in [7, 11) is 0. The van der Waals surface area contributed by atoms with Crippen molar-refractivity contribution in [2.24, 2.45) is 0 Å². The molecule has 0 fully saturated rings. The van der Waals surface area contributed by atoms with Crippen molar-refractivity contribution in [1.29, 1.82) is 0 Å². The van der Waals surface area contributed by atoms with Crippen LogP contribution in [0, 0.1) is 0 Å². The molecule has 68 heavy (non-hydrogen) atoms. The summed E-state index contributed by atoms with van der Waals surface area (Å²) in [6, 6.07) is 87.5. The molecular formula is C64H40N2OS. The summed E-state index contributed by atoms with van der Waals surface area (Å²) in [6.07, 6.45) is 0. The molecule has 14 aromatic rings. The van der Waals surface area contributed by atoms with Crippen molar-refractivity contribution in [2.45, 2.75) is 0 Å². The molecule has 0 unspecified atom stereocenters. The Morgan fingerprint density at radius 1 is 0.279 bits per heavy atom. The van der Waals surface area contributed by atoms with Crippen molar-refractivity contribution in [3.63, 3.8) is 0 Å². The molecule has 0 radical (unpaired) electrons. The molecule has 3 nitrogen and oxygen atoms in total. The first-order valence-corrected chi connectivity index (χ1v) is 24.0. The van der Waals surface area contributed by atoms with Crippen LogP contribution in [-0.2, 0) is 0 Å². The highest BCUT2D eigenvalue weighted by Crippen LogP contribution is 2.51. The topological polar surface area (TPSA) is 19.6 Å². The van der Waals surface area contributed by atoms with E-state index in [0.29, 0.717) is 0 Å². The Morgan fingerprint density at radius 3 is 1.22 bits per heavy atom. The number of hydrogen-bond donors (Lipinski definition) is 0. The maximum atomic E-state index is 7.02. The quantitative estimate of drug-likeness (QED) is 0.142. The first kappa shape index (κ1) is 38.6. The van der Waals surface area contributed by atoms with Crippen LogP contribution in [0.25, 0.3) is 96.7 Å². The van der Waals surface area contributed by atoms with Crippen LogP contribution in [0.15, 0.2) is 247 Å². The molecule has 2 heterocycles. The molecule has 0 aliphatic heterocycles. The maximum absolute atomic E-state index is 7.02. The highest BCUT2D eigenvalue weighted by molar-refractivity contribution is 7.27. The number of benzene rings is 12. The second-order valence-corrected chi connectivity index (χ2v) is 18.6. The van der Waals surface area contributed by atoms with Crippen LogP contribution >= 0.6 is 11.3 Å². The third-order valence-electron chi connectivity index (χ3n) is 13.8. The van der Waals surface area contributed by atoms with Gasteiger partial charge < -0.3 is 14.2 Å². The molecule has 0 atom stereocenters. The molecule has 0 bridgehead atoms. The van der Waals surface area contributed by atoms with Gasteiger partial charge in [-0.2, -0.15) is 0 Å². The largest absolute Gasteiger partial charge is 0.455 e. The summed E-state index contributed by atoms with van der Waals surface area (Å²) in [5.74, 6) is 0.